The van der Waals surface area contributed by atoms with Crippen molar-refractivity contribution in [3.8, 4) is 0 Å². The first-order chi connectivity index (χ1) is 14.2. The molecule has 8 heteroatoms. The van der Waals surface area contributed by atoms with Gasteiger partial charge in [-0.2, -0.15) is 0 Å². The van der Waals surface area contributed by atoms with Crippen molar-refractivity contribution >= 4 is 21.7 Å². The molecule has 2 aromatic carbocycles. The number of hydrogen-bond donors (Lipinski definition) is 0. The maximum Gasteiger partial charge on any atom is 0.254 e. The van der Waals surface area contributed by atoms with Gasteiger partial charge >= 0.3 is 0 Å². The zero-order valence-corrected chi connectivity index (χ0v) is 17.9. The van der Waals surface area contributed by atoms with Gasteiger partial charge in [-0.1, -0.05) is 18.2 Å². The van der Waals surface area contributed by atoms with Crippen molar-refractivity contribution in [2.75, 3.05) is 25.9 Å². The topological polar surface area (TPSA) is 74.8 Å². The molecule has 0 atom stereocenters. The van der Waals surface area contributed by atoms with Crippen molar-refractivity contribution in [2.24, 2.45) is 0 Å². The van der Waals surface area contributed by atoms with Crippen LogP contribution in [0, 0.1) is 5.82 Å². The number of piperidine rings is 1. The Bertz CT molecular complexity index is 1030. The van der Waals surface area contributed by atoms with Gasteiger partial charge in [0.05, 0.1) is 11.3 Å². The predicted molar refractivity (Wildman–Crippen MR) is 112 cm³/mol. The molecule has 1 heterocycles. The fraction of sp³-hybridized carbons (Fsp3) is 0.364. The van der Waals surface area contributed by atoms with Crippen LogP contribution in [0.25, 0.3) is 0 Å². The molecule has 30 heavy (non-hydrogen) atoms. The molecular weight excluding hydrogens is 407 g/mol. The van der Waals surface area contributed by atoms with Gasteiger partial charge in [0.2, 0.25) is 10.0 Å². The molecule has 3 rings (SSSR count). The van der Waals surface area contributed by atoms with Gasteiger partial charge in [0.25, 0.3) is 5.91 Å². The van der Waals surface area contributed by atoms with E-state index in [1.807, 2.05) is 0 Å². The second-order valence-electron chi connectivity index (χ2n) is 7.32. The van der Waals surface area contributed by atoms with Gasteiger partial charge in [0.1, 0.15) is 5.82 Å². The lowest BCUT2D eigenvalue weighted by atomic mass is 9.96. The van der Waals surface area contributed by atoms with Gasteiger partial charge in [0, 0.05) is 37.3 Å². The van der Waals surface area contributed by atoms with Crippen molar-refractivity contribution in [1.29, 1.82) is 0 Å². The van der Waals surface area contributed by atoms with Crippen LogP contribution in [-0.4, -0.2) is 61.2 Å². The fourth-order valence-corrected chi connectivity index (χ4v) is 4.73. The zero-order valence-electron chi connectivity index (χ0n) is 17.0. The molecule has 0 spiro atoms. The first kappa shape index (κ1) is 22.1. The number of rotatable bonds is 6. The number of nitrogens with zero attached hydrogens (tertiary/aromatic N) is 2. The van der Waals surface area contributed by atoms with Crippen LogP contribution in [0.4, 0.5) is 4.39 Å². The summed E-state index contributed by atoms with van der Waals surface area (Å²) in [7, 11) is -1.70. The van der Waals surface area contributed by atoms with Gasteiger partial charge in [-0.15, -0.1) is 0 Å². The van der Waals surface area contributed by atoms with Gasteiger partial charge in [-0.05, 0) is 50.1 Å². The van der Waals surface area contributed by atoms with E-state index in [1.165, 1.54) is 28.6 Å². The Balaban J connectivity index is 1.76. The van der Waals surface area contributed by atoms with E-state index >= 15 is 0 Å². The molecule has 0 aliphatic carbocycles. The summed E-state index contributed by atoms with van der Waals surface area (Å²) in [5, 5.41) is 0. The van der Waals surface area contributed by atoms with Crippen LogP contribution in [0.1, 0.15) is 46.0 Å². The molecule has 0 unspecified atom stereocenters. The van der Waals surface area contributed by atoms with E-state index in [4.69, 9.17) is 0 Å². The average molecular weight is 433 g/mol. The standard InChI is InChI=1S/C22H25FN2O4S/c1-3-30(28,29)24(2)18-12-14-25(15-13-18)22(27)20-7-5-4-6-19(20)21(26)16-8-10-17(23)11-9-16/h4-11,18H,3,12-15H2,1-2H3. The van der Waals surface area contributed by atoms with Crippen molar-refractivity contribution in [3.63, 3.8) is 0 Å². The summed E-state index contributed by atoms with van der Waals surface area (Å²) in [5.41, 5.74) is 0.864. The van der Waals surface area contributed by atoms with Crippen LogP contribution in [0.3, 0.4) is 0 Å². The number of amides is 1. The first-order valence-electron chi connectivity index (χ1n) is 9.89. The molecule has 0 N–H and O–H groups in total. The Kier molecular flexibility index (Phi) is 6.67. The minimum Gasteiger partial charge on any atom is -0.339 e. The summed E-state index contributed by atoms with van der Waals surface area (Å²) < 4.78 is 38.8. The highest BCUT2D eigenvalue weighted by Gasteiger charge is 2.31. The van der Waals surface area contributed by atoms with Crippen LogP contribution >= 0.6 is 0 Å². The summed E-state index contributed by atoms with van der Waals surface area (Å²) in [6.45, 7) is 2.43. The Morgan fingerprint density at radius 3 is 2.17 bits per heavy atom. The second kappa shape index (κ2) is 9.06. The summed E-state index contributed by atoms with van der Waals surface area (Å²) in [4.78, 5) is 27.7. The van der Waals surface area contributed by atoms with E-state index < -0.39 is 15.8 Å². The van der Waals surface area contributed by atoms with Crippen LogP contribution in [0.15, 0.2) is 48.5 Å². The molecule has 1 aliphatic heterocycles. The van der Waals surface area contributed by atoms with Crippen molar-refractivity contribution in [1.82, 2.24) is 9.21 Å². The lowest BCUT2D eigenvalue weighted by Crippen LogP contribution is -2.47. The van der Waals surface area contributed by atoms with Crippen molar-refractivity contribution in [2.45, 2.75) is 25.8 Å². The summed E-state index contributed by atoms with van der Waals surface area (Å²) in [6.07, 6.45) is 1.07. The Hall–Kier alpha value is -2.58. The van der Waals surface area contributed by atoms with E-state index in [0.29, 0.717) is 37.1 Å². The van der Waals surface area contributed by atoms with Crippen LogP contribution in [0.2, 0.25) is 0 Å². The lowest BCUT2D eigenvalue weighted by molar-refractivity contribution is 0.0682. The number of sulfonamides is 1. The highest BCUT2D eigenvalue weighted by molar-refractivity contribution is 7.89. The number of ketones is 1. The summed E-state index contributed by atoms with van der Waals surface area (Å²) in [6, 6.07) is 11.7. The van der Waals surface area contributed by atoms with E-state index in [-0.39, 0.29) is 29.0 Å². The lowest BCUT2D eigenvalue weighted by Gasteiger charge is -2.36. The molecule has 6 nitrogen and oxygen atoms in total. The van der Waals surface area contributed by atoms with Gasteiger partial charge in [0.15, 0.2) is 5.78 Å². The van der Waals surface area contributed by atoms with Crippen LogP contribution in [-0.2, 0) is 10.0 Å². The van der Waals surface area contributed by atoms with Crippen LogP contribution in [0.5, 0.6) is 0 Å². The molecule has 2 aromatic rings. The summed E-state index contributed by atoms with van der Waals surface area (Å²) in [5.74, 6) is -1.00. The highest BCUT2D eigenvalue weighted by atomic mass is 32.2. The monoisotopic (exact) mass is 432 g/mol. The minimum absolute atomic E-state index is 0.0432. The molecule has 160 valence electrons. The maximum absolute atomic E-state index is 13.2. The Labute approximate surface area is 176 Å². The number of carbonyl (C=O) groups is 2. The average Bonchev–Trinajstić information content (AvgIpc) is 2.78. The van der Waals surface area contributed by atoms with Crippen molar-refractivity contribution < 1.29 is 22.4 Å². The first-order valence-corrected chi connectivity index (χ1v) is 11.5. The maximum atomic E-state index is 13.2. The highest BCUT2D eigenvalue weighted by Crippen LogP contribution is 2.22. The van der Waals surface area contributed by atoms with Gasteiger partial charge < -0.3 is 4.90 Å². The molecule has 0 bridgehead atoms. The van der Waals surface area contributed by atoms with Gasteiger partial charge in [-0.25, -0.2) is 17.1 Å². The predicted octanol–water partition coefficient (Wildman–Crippen LogP) is 2.94. The zero-order chi connectivity index (χ0) is 21.9. The van der Waals surface area contributed by atoms with E-state index in [1.54, 1.807) is 43.1 Å². The third-order valence-corrected chi connectivity index (χ3v) is 7.48. The third kappa shape index (κ3) is 4.60. The second-order valence-corrected chi connectivity index (χ2v) is 9.64. The number of carbonyl (C=O) groups excluding carboxylic acids is 2. The largest absolute Gasteiger partial charge is 0.339 e. The molecule has 1 aliphatic rings. The van der Waals surface area contributed by atoms with Crippen LogP contribution < -0.4 is 0 Å². The van der Waals surface area contributed by atoms with E-state index in [9.17, 15) is 22.4 Å². The normalized spacial score (nSPS) is 15.4. The Morgan fingerprint density at radius 1 is 1.03 bits per heavy atom. The fourth-order valence-electron chi connectivity index (χ4n) is 3.66. The quantitative estimate of drug-likeness (QED) is 0.658. The third-order valence-electron chi connectivity index (χ3n) is 5.58. The van der Waals surface area contributed by atoms with Gasteiger partial charge in [-0.3, -0.25) is 9.59 Å². The molecule has 1 saturated heterocycles. The molecule has 1 fully saturated rings. The number of hydrogen-bond acceptors (Lipinski definition) is 4. The molecular formula is C22H25FN2O4S. The SMILES string of the molecule is CCS(=O)(=O)N(C)C1CCN(C(=O)c2ccccc2C(=O)c2ccc(F)cc2)CC1. The number of likely N-dealkylation sites (tertiary alicyclic amines) is 1. The van der Waals surface area contributed by atoms with E-state index in [0.717, 1.165) is 0 Å². The molecule has 0 saturated carbocycles. The molecule has 0 aromatic heterocycles. The smallest absolute Gasteiger partial charge is 0.254 e. The number of halogens is 1. The van der Waals surface area contributed by atoms with Crippen molar-refractivity contribution in [3.05, 3.63) is 71.0 Å². The molecule has 1 amide bonds. The minimum atomic E-state index is -3.28. The van der Waals surface area contributed by atoms with E-state index in [2.05, 4.69) is 0 Å². The Morgan fingerprint density at radius 2 is 1.60 bits per heavy atom. The summed E-state index contributed by atoms with van der Waals surface area (Å²) >= 11 is 0. The molecule has 0 radical (unpaired) electrons. The number of benzene rings is 2.